The van der Waals surface area contributed by atoms with Crippen LogP contribution in [-0.2, 0) is 4.79 Å². The number of benzene rings is 2. The Bertz CT molecular complexity index is 987. The van der Waals surface area contributed by atoms with E-state index in [9.17, 15) is 9.18 Å². The van der Waals surface area contributed by atoms with Gasteiger partial charge in [0.1, 0.15) is 5.82 Å². The molecule has 0 spiro atoms. The summed E-state index contributed by atoms with van der Waals surface area (Å²) in [6, 6.07) is 13.9. The molecule has 0 saturated heterocycles. The summed E-state index contributed by atoms with van der Waals surface area (Å²) in [5.74, 6) is -0.217. The lowest BCUT2D eigenvalue weighted by Gasteiger charge is -2.25. The third kappa shape index (κ3) is 4.36. The maximum absolute atomic E-state index is 13.5. The third-order valence-corrected chi connectivity index (χ3v) is 5.94. The number of benzodiazepines with no additional fused rings is 1. The van der Waals surface area contributed by atoms with Crippen LogP contribution in [0.1, 0.15) is 37.7 Å². The summed E-state index contributed by atoms with van der Waals surface area (Å²) in [5, 5.41) is 6.20. The minimum Gasteiger partial charge on any atom is -0.333 e. The Morgan fingerprint density at radius 2 is 1.90 bits per heavy atom. The van der Waals surface area contributed by atoms with E-state index in [4.69, 9.17) is 17.2 Å². The van der Waals surface area contributed by atoms with E-state index in [0.717, 1.165) is 29.8 Å². The Morgan fingerprint density at radius 1 is 1.13 bits per heavy atom. The minimum atomic E-state index is -0.840. The highest BCUT2D eigenvalue weighted by atomic mass is 32.1. The van der Waals surface area contributed by atoms with E-state index in [1.165, 1.54) is 31.4 Å². The van der Waals surface area contributed by atoms with Gasteiger partial charge in [0.25, 0.3) is 5.91 Å². The van der Waals surface area contributed by atoms with Gasteiger partial charge in [-0.2, -0.15) is 0 Å². The first-order chi connectivity index (χ1) is 14.5. The van der Waals surface area contributed by atoms with Gasteiger partial charge in [0, 0.05) is 24.2 Å². The Hall–Kier alpha value is -2.80. The van der Waals surface area contributed by atoms with Gasteiger partial charge in [-0.05, 0) is 49.3 Å². The smallest absolute Gasteiger partial charge is 0.272 e. The topological polar surface area (TPSA) is 56.7 Å². The summed E-state index contributed by atoms with van der Waals surface area (Å²) < 4.78 is 13.5. The molecule has 156 valence electrons. The predicted molar refractivity (Wildman–Crippen MR) is 123 cm³/mol. The van der Waals surface area contributed by atoms with Gasteiger partial charge in [-0.15, -0.1) is 0 Å². The molecule has 7 heteroatoms. The molecule has 2 aromatic carbocycles. The number of hydrogen-bond donors (Lipinski definition) is 2. The number of nitrogens with one attached hydrogen (secondary N) is 2. The zero-order valence-corrected chi connectivity index (χ0v) is 17.7. The van der Waals surface area contributed by atoms with Crippen LogP contribution in [0.3, 0.4) is 0 Å². The number of amides is 1. The summed E-state index contributed by atoms with van der Waals surface area (Å²) in [7, 11) is 1.76. The van der Waals surface area contributed by atoms with Gasteiger partial charge >= 0.3 is 0 Å². The molecule has 1 atom stereocenters. The van der Waals surface area contributed by atoms with Gasteiger partial charge < -0.3 is 15.5 Å². The zero-order valence-electron chi connectivity index (χ0n) is 16.9. The highest BCUT2D eigenvalue weighted by Crippen LogP contribution is 2.33. The molecular formula is C23H25FN4OS. The second-order valence-corrected chi connectivity index (χ2v) is 8.18. The van der Waals surface area contributed by atoms with E-state index in [0.29, 0.717) is 11.6 Å². The maximum atomic E-state index is 13.5. The van der Waals surface area contributed by atoms with Crippen molar-refractivity contribution in [3.05, 3.63) is 59.9 Å². The number of thiocarbonyl (C=S) groups is 1. The number of anilines is 2. The first kappa shape index (κ1) is 20.5. The minimum absolute atomic E-state index is 0.184. The summed E-state index contributed by atoms with van der Waals surface area (Å²) in [6.07, 6.45) is 4.90. The molecule has 0 radical (unpaired) electrons. The highest BCUT2D eigenvalue weighted by molar-refractivity contribution is 7.80. The standard InChI is InChI=1S/C23H25FN4OS/c1-28-19-13-6-5-12-18(19)20(15-8-3-2-4-9-15)26-21(22(28)29)27-23(30)25-17-11-7-10-16(24)14-17/h5-7,10-15,21H,2-4,8-9H2,1H3,(H2,25,27,30). The van der Waals surface area contributed by atoms with Crippen LogP contribution in [0.5, 0.6) is 0 Å². The second kappa shape index (κ2) is 8.92. The quantitative estimate of drug-likeness (QED) is 0.713. The fourth-order valence-corrected chi connectivity index (χ4v) is 4.43. The van der Waals surface area contributed by atoms with Crippen LogP contribution in [0.2, 0.25) is 0 Å². The zero-order chi connectivity index (χ0) is 21.1. The van der Waals surface area contributed by atoms with E-state index in [2.05, 4.69) is 10.6 Å². The van der Waals surface area contributed by atoms with Crippen molar-refractivity contribution in [3.8, 4) is 0 Å². The van der Waals surface area contributed by atoms with Gasteiger partial charge in [-0.1, -0.05) is 43.5 Å². The van der Waals surface area contributed by atoms with Crippen molar-refractivity contribution in [2.24, 2.45) is 10.9 Å². The SMILES string of the molecule is CN1C(=O)C(NC(=S)Nc2cccc(F)c2)N=C(C2CCCCC2)c2ccccc21. The Balaban J connectivity index is 1.63. The van der Waals surface area contributed by atoms with Crippen LogP contribution in [0.4, 0.5) is 15.8 Å². The lowest BCUT2D eigenvalue weighted by molar-refractivity contribution is -0.119. The lowest BCUT2D eigenvalue weighted by atomic mass is 9.83. The number of rotatable bonds is 3. The molecule has 1 unspecified atom stereocenters. The average Bonchev–Trinajstić information content (AvgIpc) is 2.85. The summed E-state index contributed by atoms with van der Waals surface area (Å²) >= 11 is 5.39. The molecular weight excluding hydrogens is 399 g/mol. The number of fused-ring (bicyclic) bond motifs is 1. The highest BCUT2D eigenvalue weighted by Gasteiger charge is 2.32. The number of carbonyl (C=O) groups is 1. The predicted octanol–water partition coefficient (Wildman–Crippen LogP) is 4.48. The van der Waals surface area contributed by atoms with E-state index in [1.807, 2.05) is 24.3 Å². The van der Waals surface area contributed by atoms with Gasteiger partial charge in [-0.3, -0.25) is 9.79 Å². The molecule has 30 heavy (non-hydrogen) atoms. The normalized spacial score (nSPS) is 19.5. The molecule has 1 heterocycles. The molecule has 2 N–H and O–H groups in total. The molecule has 2 aliphatic rings. The van der Waals surface area contributed by atoms with Crippen molar-refractivity contribution in [2.45, 2.75) is 38.3 Å². The van der Waals surface area contributed by atoms with Gasteiger partial charge in [0.2, 0.25) is 6.17 Å². The van der Waals surface area contributed by atoms with Gasteiger partial charge in [-0.25, -0.2) is 4.39 Å². The summed E-state index contributed by atoms with van der Waals surface area (Å²) in [6.45, 7) is 0. The number of likely N-dealkylation sites (N-methyl/N-ethyl adjacent to an activating group) is 1. The van der Waals surface area contributed by atoms with Crippen LogP contribution in [0.15, 0.2) is 53.5 Å². The van der Waals surface area contributed by atoms with Crippen molar-refractivity contribution in [2.75, 3.05) is 17.3 Å². The molecule has 1 fully saturated rings. The maximum Gasteiger partial charge on any atom is 0.272 e. The summed E-state index contributed by atoms with van der Waals surface area (Å²) in [4.78, 5) is 19.7. The van der Waals surface area contributed by atoms with Crippen molar-refractivity contribution >= 4 is 40.3 Å². The molecule has 0 bridgehead atoms. The number of halogens is 1. The number of aliphatic imine (C=N–C) groups is 1. The number of carbonyl (C=O) groups excluding carboxylic acids is 1. The molecule has 4 rings (SSSR count). The molecule has 1 aliphatic carbocycles. The molecule has 1 saturated carbocycles. The molecule has 5 nitrogen and oxygen atoms in total. The fraction of sp³-hybridized carbons (Fsp3) is 0.348. The largest absolute Gasteiger partial charge is 0.333 e. The first-order valence-electron chi connectivity index (χ1n) is 10.3. The second-order valence-electron chi connectivity index (χ2n) is 7.78. The van der Waals surface area contributed by atoms with Crippen LogP contribution in [-0.4, -0.2) is 29.9 Å². The molecule has 0 aromatic heterocycles. The van der Waals surface area contributed by atoms with Crippen molar-refractivity contribution in [1.29, 1.82) is 0 Å². The van der Waals surface area contributed by atoms with Crippen molar-refractivity contribution in [1.82, 2.24) is 5.32 Å². The van der Waals surface area contributed by atoms with Gasteiger partial charge in [0.05, 0.1) is 11.4 Å². The fourth-order valence-electron chi connectivity index (χ4n) is 4.20. The van der Waals surface area contributed by atoms with E-state index in [-0.39, 0.29) is 16.8 Å². The number of hydrogen-bond acceptors (Lipinski definition) is 3. The Morgan fingerprint density at radius 3 is 2.67 bits per heavy atom. The lowest BCUT2D eigenvalue weighted by Crippen LogP contribution is -2.47. The van der Waals surface area contributed by atoms with E-state index in [1.54, 1.807) is 24.1 Å². The summed E-state index contributed by atoms with van der Waals surface area (Å²) in [5.41, 5.74) is 3.35. The number of nitrogens with zero attached hydrogens (tertiary/aromatic N) is 2. The Labute approximate surface area is 181 Å². The molecule has 2 aromatic rings. The average molecular weight is 425 g/mol. The van der Waals surface area contributed by atoms with E-state index < -0.39 is 6.17 Å². The molecule has 1 aliphatic heterocycles. The van der Waals surface area contributed by atoms with Crippen LogP contribution >= 0.6 is 12.2 Å². The monoisotopic (exact) mass is 424 g/mol. The molecule has 1 amide bonds. The third-order valence-electron chi connectivity index (χ3n) is 5.72. The first-order valence-corrected chi connectivity index (χ1v) is 10.7. The van der Waals surface area contributed by atoms with Gasteiger partial charge in [0.15, 0.2) is 5.11 Å². The number of para-hydroxylation sites is 1. The van der Waals surface area contributed by atoms with Crippen LogP contribution in [0.25, 0.3) is 0 Å². The van der Waals surface area contributed by atoms with E-state index >= 15 is 0 Å². The van der Waals surface area contributed by atoms with Crippen LogP contribution in [0, 0.1) is 11.7 Å². The Kier molecular flexibility index (Phi) is 6.08. The van der Waals surface area contributed by atoms with Crippen molar-refractivity contribution < 1.29 is 9.18 Å². The van der Waals surface area contributed by atoms with Crippen LogP contribution < -0.4 is 15.5 Å². The van der Waals surface area contributed by atoms with Crippen molar-refractivity contribution in [3.63, 3.8) is 0 Å².